The normalized spacial score (nSPS) is 18.1. The molecule has 28 heavy (non-hydrogen) atoms. The van der Waals surface area contributed by atoms with Crippen LogP contribution >= 0.6 is 0 Å². The van der Waals surface area contributed by atoms with Crippen molar-refractivity contribution in [3.8, 4) is 5.75 Å². The lowest BCUT2D eigenvalue weighted by Crippen LogP contribution is -2.27. The van der Waals surface area contributed by atoms with Gasteiger partial charge in [-0.3, -0.25) is 4.72 Å². The number of hydrogen-bond acceptors (Lipinski definition) is 6. The lowest BCUT2D eigenvalue weighted by Gasteiger charge is -2.17. The molecule has 1 aromatic rings. The minimum atomic E-state index is -4.00. The van der Waals surface area contributed by atoms with E-state index in [4.69, 9.17) is 4.74 Å². The highest BCUT2D eigenvalue weighted by Crippen LogP contribution is 2.28. The van der Waals surface area contributed by atoms with Crippen molar-refractivity contribution in [1.82, 2.24) is 9.62 Å². The number of likely N-dealkylation sites (tertiary alicyclic amines) is 1. The summed E-state index contributed by atoms with van der Waals surface area (Å²) >= 11 is 0. The first-order chi connectivity index (χ1) is 13.3. The van der Waals surface area contributed by atoms with E-state index in [0.717, 1.165) is 25.9 Å². The summed E-state index contributed by atoms with van der Waals surface area (Å²) in [4.78, 5) is 1.90. The number of nitrogens with one attached hydrogen (secondary N) is 1. The minimum Gasteiger partial charge on any atom is -0.495 e. The molecule has 1 aliphatic heterocycles. The smallest absolute Gasteiger partial charge is 0.265 e. The average Bonchev–Trinajstić information content (AvgIpc) is 3.20. The molecule has 1 N–H and O–H groups in total. The summed E-state index contributed by atoms with van der Waals surface area (Å²) in [5, 5.41) is 0. The minimum absolute atomic E-state index is 0.0191. The molecule has 0 amide bonds. The fraction of sp³-hybridized carbons (Fsp3) is 0.421. The lowest BCUT2D eigenvalue weighted by atomic mass is 10.1. The molecule has 0 bridgehead atoms. The van der Waals surface area contributed by atoms with Crippen LogP contribution in [0.5, 0.6) is 5.75 Å². The van der Waals surface area contributed by atoms with Crippen molar-refractivity contribution in [2.24, 2.45) is 0 Å². The van der Waals surface area contributed by atoms with Gasteiger partial charge in [0.25, 0.3) is 10.0 Å². The molecule has 1 saturated heterocycles. The van der Waals surface area contributed by atoms with E-state index in [2.05, 4.69) is 9.62 Å². The van der Waals surface area contributed by atoms with Gasteiger partial charge in [0, 0.05) is 18.7 Å². The summed E-state index contributed by atoms with van der Waals surface area (Å²) in [6, 6.07) is 3.96. The van der Waals surface area contributed by atoms with Crippen LogP contribution < -0.4 is 9.46 Å². The Morgan fingerprint density at radius 3 is 2.54 bits per heavy atom. The standard InChI is InChI=1S/C19H25N2O5S2/c1-26-18-10-9-17(27(22,23)14-13-21-11-5-6-12-21)15-19(18)28(24,25)20-16-7-3-2-4-8-16/h2-3,7-10,15,20H,4-6,11-14H2,1H3. The summed E-state index contributed by atoms with van der Waals surface area (Å²) in [5.74, 6) is 0.0497. The molecule has 1 radical (unpaired) electrons. The summed E-state index contributed by atoms with van der Waals surface area (Å²) < 4.78 is 58.8. The van der Waals surface area contributed by atoms with E-state index in [1.807, 2.05) is 6.08 Å². The van der Waals surface area contributed by atoms with Crippen molar-refractivity contribution in [3.05, 3.63) is 48.5 Å². The number of sulfone groups is 1. The molecule has 7 nitrogen and oxygen atoms in total. The van der Waals surface area contributed by atoms with Crippen LogP contribution in [0.15, 0.2) is 51.9 Å². The molecule has 3 rings (SSSR count). The molecule has 0 saturated carbocycles. The molecule has 0 atom stereocenters. The number of sulfonamides is 1. The van der Waals surface area contributed by atoms with Gasteiger partial charge in [-0.1, -0.05) is 12.2 Å². The molecule has 1 fully saturated rings. The largest absolute Gasteiger partial charge is 0.495 e. The highest BCUT2D eigenvalue weighted by atomic mass is 32.2. The summed E-state index contributed by atoms with van der Waals surface area (Å²) in [5.41, 5.74) is 0.437. The number of benzene rings is 1. The van der Waals surface area contributed by atoms with Gasteiger partial charge >= 0.3 is 0 Å². The summed E-state index contributed by atoms with van der Waals surface area (Å²) in [7, 11) is -6.26. The lowest BCUT2D eigenvalue weighted by molar-refractivity contribution is 0.359. The first kappa shape index (κ1) is 20.9. The maximum absolute atomic E-state index is 12.8. The van der Waals surface area contributed by atoms with Gasteiger partial charge in [-0.25, -0.2) is 16.8 Å². The number of allylic oxidation sites excluding steroid dienone is 4. The predicted octanol–water partition coefficient (Wildman–Crippen LogP) is 1.89. The Balaban J connectivity index is 1.86. The quantitative estimate of drug-likeness (QED) is 0.684. The number of ether oxygens (including phenoxy) is 1. The van der Waals surface area contributed by atoms with Crippen LogP contribution in [0.1, 0.15) is 19.3 Å². The molecule has 1 aliphatic carbocycles. The Morgan fingerprint density at radius 1 is 1.14 bits per heavy atom. The monoisotopic (exact) mass is 425 g/mol. The third-order valence-electron chi connectivity index (χ3n) is 4.80. The maximum atomic E-state index is 12.8. The zero-order chi connectivity index (χ0) is 20.2. The third kappa shape index (κ3) is 4.95. The van der Waals surface area contributed by atoms with E-state index in [1.54, 1.807) is 18.6 Å². The first-order valence-electron chi connectivity index (χ1n) is 9.18. The van der Waals surface area contributed by atoms with Gasteiger partial charge in [-0.15, -0.1) is 0 Å². The number of hydrogen-bond donors (Lipinski definition) is 1. The topological polar surface area (TPSA) is 92.8 Å². The summed E-state index contributed by atoms with van der Waals surface area (Å²) in [6.45, 7) is 2.26. The van der Waals surface area contributed by atoms with E-state index >= 15 is 0 Å². The van der Waals surface area contributed by atoms with Crippen molar-refractivity contribution in [2.45, 2.75) is 29.1 Å². The molecule has 9 heteroatoms. The van der Waals surface area contributed by atoms with Crippen LogP contribution in [-0.4, -0.2) is 54.2 Å². The second-order valence-electron chi connectivity index (χ2n) is 6.78. The van der Waals surface area contributed by atoms with Crippen LogP contribution in [0.3, 0.4) is 0 Å². The Labute approximate surface area is 167 Å². The van der Waals surface area contributed by atoms with Gasteiger partial charge in [0.2, 0.25) is 0 Å². The van der Waals surface area contributed by atoms with Gasteiger partial charge in [0.05, 0.1) is 17.8 Å². The SMILES string of the molecule is COc1ccc(S(=O)(=O)CCN2CCCC2)cc1S(=O)(=O)NC1=CC=CC[CH]1. The molecular weight excluding hydrogens is 400 g/mol. The molecule has 1 heterocycles. The van der Waals surface area contributed by atoms with Crippen molar-refractivity contribution in [1.29, 1.82) is 0 Å². The average molecular weight is 426 g/mol. The number of rotatable bonds is 8. The summed E-state index contributed by atoms with van der Waals surface area (Å²) in [6.07, 6.45) is 9.82. The van der Waals surface area contributed by atoms with Gasteiger partial charge in [-0.2, -0.15) is 0 Å². The van der Waals surface area contributed by atoms with Crippen LogP contribution in [0.2, 0.25) is 0 Å². The molecule has 1 aromatic carbocycles. The molecule has 0 spiro atoms. The molecular formula is C19H25N2O5S2. The number of methoxy groups -OCH3 is 1. The molecule has 153 valence electrons. The van der Waals surface area contributed by atoms with Crippen molar-refractivity contribution >= 4 is 19.9 Å². The van der Waals surface area contributed by atoms with Gasteiger partial charge in [0.15, 0.2) is 9.84 Å². The Morgan fingerprint density at radius 2 is 1.89 bits per heavy atom. The zero-order valence-corrected chi connectivity index (χ0v) is 17.4. The second-order valence-corrected chi connectivity index (χ2v) is 10.5. The maximum Gasteiger partial charge on any atom is 0.265 e. The van der Waals surface area contributed by atoms with Crippen LogP contribution in [-0.2, 0) is 19.9 Å². The third-order valence-corrected chi connectivity index (χ3v) is 7.89. The van der Waals surface area contributed by atoms with Gasteiger partial charge in [0.1, 0.15) is 10.6 Å². The van der Waals surface area contributed by atoms with Crippen molar-refractivity contribution < 1.29 is 21.6 Å². The molecule has 0 unspecified atom stereocenters. The Kier molecular flexibility index (Phi) is 6.47. The van der Waals surface area contributed by atoms with Crippen LogP contribution in [0.25, 0.3) is 0 Å². The predicted molar refractivity (Wildman–Crippen MR) is 107 cm³/mol. The van der Waals surface area contributed by atoms with Crippen LogP contribution in [0, 0.1) is 6.42 Å². The Hall–Kier alpha value is -1.84. The van der Waals surface area contributed by atoms with E-state index in [9.17, 15) is 16.8 Å². The zero-order valence-electron chi connectivity index (χ0n) is 15.8. The van der Waals surface area contributed by atoms with Crippen molar-refractivity contribution in [3.63, 3.8) is 0 Å². The van der Waals surface area contributed by atoms with Crippen molar-refractivity contribution in [2.75, 3.05) is 32.5 Å². The molecule has 0 aromatic heterocycles. The van der Waals surface area contributed by atoms with Gasteiger partial charge in [-0.05, 0) is 56.6 Å². The Bertz CT molecular complexity index is 976. The number of nitrogens with zero attached hydrogens (tertiary/aromatic N) is 1. The highest BCUT2D eigenvalue weighted by molar-refractivity contribution is 7.91. The fourth-order valence-corrected chi connectivity index (χ4v) is 5.88. The fourth-order valence-electron chi connectivity index (χ4n) is 3.23. The molecule has 2 aliphatic rings. The first-order valence-corrected chi connectivity index (χ1v) is 12.3. The van der Waals surface area contributed by atoms with Gasteiger partial charge < -0.3 is 9.64 Å². The van der Waals surface area contributed by atoms with E-state index in [0.29, 0.717) is 18.7 Å². The van der Waals surface area contributed by atoms with Crippen LogP contribution in [0.4, 0.5) is 0 Å². The second kappa shape index (κ2) is 8.67. The highest BCUT2D eigenvalue weighted by Gasteiger charge is 2.25. The van der Waals surface area contributed by atoms with E-state index < -0.39 is 19.9 Å². The van der Waals surface area contributed by atoms with E-state index in [1.165, 1.54) is 25.3 Å². The van der Waals surface area contributed by atoms with E-state index in [-0.39, 0.29) is 21.3 Å².